The maximum atomic E-state index is 11.2. The molecule has 0 aliphatic rings. The summed E-state index contributed by atoms with van der Waals surface area (Å²) in [7, 11) is 0. The molecule has 1 heterocycles. The smallest absolute Gasteiger partial charge is 0.165 e. The van der Waals surface area contributed by atoms with Gasteiger partial charge in [-0.05, 0) is 0 Å². The van der Waals surface area contributed by atoms with Crippen LogP contribution in [-0.4, -0.2) is 10.8 Å². The Morgan fingerprint density at radius 3 is 2.75 bits per heavy atom. The minimum atomic E-state index is -0.0463. The molecule has 1 rings (SSSR count). The number of Topliss-reactive ketones (excluding diaryl/α,β-unsaturated/α-hetero) is 1. The Kier molecular flexibility index (Phi) is 3.06. The highest BCUT2D eigenvalue weighted by atomic mass is 35.5. The Morgan fingerprint density at radius 1 is 1.50 bits per heavy atom. The van der Waals surface area contributed by atoms with Crippen molar-refractivity contribution in [2.75, 3.05) is 0 Å². The highest BCUT2D eigenvalue weighted by Gasteiger charge is 2.10. The summed E-state index contributed by atoms with van der Waals surface area (Å²) < 4.78 is 0. The lowest BCUT2D eigenvalue weighted by molar-refractivity contribution is 0.0988. The summed E-state index contributed by atoms with van der Waals surface area (Å²) in [6.07, 6.45) is 3.25. The van der Waals surface area contributed by atoms with E-state index in [1.165, 1.54) is 12.4 Å². The average Bonchev–Trinajstić information content (AvgIpc) is 2.08. The Hall–Kier alpha value is -0.600. The van der Waals surface area contributed by atoms with E-state index in [-0.39, 0.29) is 5.78 Å². The number of carbonyl (C=O) groups excluding carboxylic acids is 1. The summed E-state index contributed by atoms with van der Waals surface area (Å²) in [4.78, 5) is 15.0. The van der Waals surface area contributed by atoms with Gasteiger partial charge in [-0.1, -0.05) is 30.1 Å². The third-order valence-electron chi connectivity index (χ3n) is 1.46. The average molecular weight is 204 g/mol. The van der Waals surface area contributed by atoms with Crippen molar-refractivity contribution in [3.8, 4) is 0 Å². The molecule has 64 valence electrons. The topological polar surface area (TPSA) is 30.0 Å². The quantitative estimate of drug-likeness (QED) is 0.693. The first kappa shape index (κ1) is 9.49. The van der Waals surface area contributed by atoms with Gasteiger partial charge < -0.3 is 0 Å². The van der Waals surface area contributed by atoms with E-state index in [2.05, 4.69) is 4.98 Å². The third-order valence-corrected chi connectivity index (χ3v) is 2.25. The zero-order chi connectivity index (χ0) is 9.14. The SMILES string of the molecule is CCC(=O)c1cncc(Cl)c1Cl. The van der Waals surface area contributed by atoms with Crippen LogP contribution in [0, 0.1) is 0 Å². The second kappa shape index (κ2) is 3.87. The molecule has 0 aliphatic carbocycles. The zero-order valence-electron chi connectivity index (χ0n) is 6.47. The molecule has 0 atom stereocenters. The van der Waals surface area contributed by atoms with Crippen molar-refractivity contribution >= 4 is 29.0 Å². The molecule has 0 fully saturated rings. The summed E-state index contributed by atoms with van der Waals surface area (Å²) in [6, 6.07) is 0. The van der Waals surface area contributed by atoms with E-state index in [1.807, 2.05) is 0 Å². The van der Waals surface area contributed by atoms with Crippen molar-refractivity contribution in [3.05, 3.63) is 28.0 Å². The molecular formula is C8H7Cl2NO. The molecule has 1 aromatic heterocycles. The van der Waals surface area contributed by atoms with Crippen LogP contribution in [0.5, 0.6) is 0 Å². The number of carbonyl (C=O) groups is 1. The van der Waals surface area contributed by atoms with Crippen LogP contribution in [-0.2, 0) is 0 Å². The van der Waals surface area contributed by atoms with Gasteiger partial charge in [0.05, 0.1) is 15.6 Å². The molecule has 1 aromatic rings. The summed E-state index contributed by atoms with van der Waals surface area (Å²) in [6.45, 7) is 1.76. The number of aromatic nitrogens is 1. The van der Waals surface area contributed by atoms with Crippen LogP contribution in [0.15, 0.2) is 12.4 Å². The van der Waals surface area contributed by atoms with E-state index in [0.29, 0.717) is 22.0 Å². The van der Waals surface area contributed by atoms with Crippen molar-refractivity contribution in [3.63, 3.8) is 0 Å². The van der Waals surface area contributed by atoms with Crippen molar-refractivity contribution in [2.45, 2.75) is 13.3 Å². The monoisotopic (exact) mass is 203 g/mol. The van der Waals surface area contributed by atoms with Gasteiger partial charge >= 0.3 is 0 Å². The molecule has 0 amide bonds. The Bertz CT molecular complexity index is 312. The highest BCUT2D eigenvalue weighted by molar-refractivity contribution is 6.43. The van der Waals surface area contributed by atoms with Gasteiger partial charge in [0, 0.05) is 18.8 Å². The highest BCUT2D eigenvalue weighted by Crippen LogP contribution is 2.24. The molecule has 4 heteroatoms. The maximum Gasteiger partial charge on any atom is 0.165 e. The van der Waals surface area contributed by atoms with Crippen molar-refractivity contribution in [1.29, 1.82) is 0 Å². The Balaban J connectivity index is 3.16. The summed E-state index contributed by atoms with van der Waals surface area (Å²) in [5, 5.41) is 0.606. The fourth-order valence-electron chi connectivity index (χ4n) is 0.804. The predicted molar refractivity (Wildman–Crippen MR) is 48.9 cm³/mol. The van der Waals surface area contributed by atoms with Gasteiger partial charge in [-0.15, -0.1) is 0 Å². The lowest BCUT2D eigenvalue weighted by Gasteiger charge is -2.00. The molecule has 2 nitrogen and oxygen atoms in total. The maximum absolute atomic E-state index is 11.2. The van der Waals surface area contributed by atoms with Crippen LogP contribution < -0.4 is 0 Å². The van der Waals surface area contributed by atoms with Gasteiger partial charge in [0.15, 0.2) is 5.78 Å². The van der Waals surface area contributed by atoms with Crippen LogP contribution in [0.4, 0.5) is 0 Å². The van der Waals surface area contributed by atoms with Crippen LogP contribution in [0.25, 0.3) is 0 Å². The van der Waals surface area contributed by atoms with E-state index in [9.17, 15) is 4.79 Å². The molecular weight excluding hydrogens is 197 g/mol. The van der Waals surface area contributed by atoms with Crippen LogP contribution in [0.3, 0.4) is 0 Å². The van der Waals surface area contributed by atoms with Gasteiger partial charge in [0.25, 0.3) is 0 Å². The van der Waals surface area contributed by atoms with Crippen LogP contribution in [0.1, 0.15) is 23.7 Å². The predicted octanol–water partition coefficient (Wildman–Crippen LogP) is 2.98. The molecule has 0 saturated carbocycles. The lowest BCUT2D eigenvalue weighted by atomic mass is 10.1. The number of halogens is 2. The zero-order valence-corrected chi connectivity index (χ0v) is 7.99. The first-order chi connectivity index (χ1) is 5.66. The second-order valence-corrected chi connectivity index (χ2v) is 3.04. The van der Waals surface area contributed by atoms with Gasteiger partial charge in [0.1, 0.15) is 0 Å². The summed E-state index contributed by atoms with van der Waals surface area (Å²) in [5.41, 5.74) is 0.395. The normalized spacial score (nSPS) is 9.92. The molecule has 0 radical (unpaired) electrons. The fraction of sp³-hybridized carbons (Fsp3) is 0.250. The van der Waals surface area contributed by atoms with E-state index >= 15 is 0 Å². The van der Waals surface area contributed by atoms with Gasteiger partial charge in [0.2, 0.25) is 0 Å². The van der Waals surface area contributed by atoms with Crippen molar-refractivity contribution < 1.29 is 4.79 Å². The molecule has 0 saturated heterocycles. The largest absolute Gasteiger partial charge is 0.294 e. The van der Waals surface area contributed by atoms with Gasteiger partial charge in [-0.25, -0.2) is 0 Å². The van der Waals surface area contributed by atoms with E-state index < -0.39 is 0 Å². The third kappa shape index (κ3) is 1.76. The molecule has 0 N–H and O–H groups in total. The van der Waals surface area contributed by atoms with Crippen molar-refractivity contribution in [1.82, 2.24) is 4.98 Å². The number of hydrogen-bond acceptors (Lipinski definition) is 2. The minimum absolute atomic E-state index is 0.0463. The minimum Gasteiger partial charge on any atom is -0.294 e. The first-order valence-electron chi connectivity index (χ1n) is 3.49. The van der Waals surface area contributed by atoms with Gasteiger partial charge in [-0.2, -0.15) is 0 Å². The first-order valence-corrected chi connectivity index (χ1v) is 4.24. The molecule has 0 unspecified atom stereocenters. The van der Waals surface area contributed by atoms with Crippen LogP contribution in [0.2, 0.25) is 10.0 Å². The Labute approximate surface area is 80.5 Å². The number of ketones is 1. The summed E-state index contributed by atoms with van der Waals surface area (Å²) >= 11 is 11.4. The fourth-order valence-corrected chi connectivity index (χ4v) is 1.17. The van der Waals surface area contributed by atoms with Gasteiger partial charge in [-0.3, -0.25) is 9.78 Å². The van der Waals surface area contributed by atoms with E-state index in [1.54, 1.807) is 6.92 Å². The van der Waals surface area contributed by atoms with Crippen molar-refractivity contribution in [2.24, 2.45) is 0 Å². The number of hydrogen-bond donors (Lipinski definition) is 0. The molecule has 12 heavy (non-hydrogen) atoms. The number of nitrogens with zero attached hydrogens (tertiary/aromatic N) is 1. The van der Waals surface area contributed by atoms with E-state index in [0.717, 1.165) is 0 Å². The molecule has 0 spiro atoms. The van der Waals surface area contributed by atoms with Crippen LogP contribution >= 0.6 is 23.2 Å². The number of pyridine rings is 1. The number of rotatable bonds is 2. The molecule has 0 bridgehead atoms. The second-order valence-electron chi connectivity index (χ2n) is 2.26. The van der Waals surface area contributed by atoms with E-state index in [4.69, 9.17) is 23.2 Å². The lowest BCUT2D eigenvalue weighted by Crippen LogP contribution is -1.98. The molecule has 0 aromatic carbocycles. The summed E-state index contributed by atoms with van der Waals surface area (Å²) in [5.74, 6) is -0.0463. The standard InChI is InChI=1S/C8H7Cl2NO/c1-2-7(12)5-3-11-4-6(9)8(5)10/h3-4H,2H2,1H3. The Morgan fingerprint density at radius 2 is 2.17 bits per heavy atom. The molecule has 0 aliphatic heterocycles.